The molecule has 33 heavy (non-hydrogen) atoms. The normalized spacial score (nSPS) is 20.1. The second-order valence-corrected chi connectivity index (χ2v) is 10.9. The van der Waals surface area contributed by atoms with Gasteiger partial charge in [0.1, 0.15) is 12.0 Å². The number of carboxylic acids is 1. The van der Waals surface area contributed by atoms with Crippen LogP contribution in [0.2, 0.25) is 0 Å². The number of fused-ring (bicyclic) bond motifs is 1. The van der Waals surface area contributed by atoms with Crippen LogP contribution in [0.25, 0.3) is 0 Å². The third-order valence-electron chi connectivity index (χ3n) is 5.95. The van der Waals surface area contributed by atoms with Crippen molar-refractivity contribution in [1.29, 1.82) is 0 Å². The van der Waals surface area contributed by atoms with Crippen LogP contribution >= 0.6 is 11.8 Å². The minimum absolute atomic E-state index is 0.0158. The summed E-state index contributed by atoms with van der Waals surface area (Å²) in [6, 6.07) is 12.7. The van der Waals surface area contributed by atoms with E-state index in [1.54, 1.807) is 12.3 Å². The zero-order chi connectivity index (χ0) is 24.2. The number of sulfone groups is 1. The molecule has 9 heteroatoms. The Morgan fingerprint density at radius 2 is 1.97 bits per heavy atom. The Kier molecular flexibility index (Phi) is 7.74. The van der Waals surface area contributed by atoms with Crippen LogP contribution in [-0.4, -0.2) is 38.0 Å². The smallest absolute Gasteiger partial charge is 0.368 e. The van der Waals surface area contributed by atoms with Gasteiger partial charge in [-0.15, -0.1) is 11.8 Å². The van der Waals surface area contributed by atoms with Crippen LogP contribution < -0.4 is 9.64 Å². The van der Waals surface area contributed by atoms with Crippen LogP contribution in [0.4, 0.5) is 15.8 Å². The summed E-state index contributed by atoms with van der Waals surface area (Å²) in [6.45, 7) is 4.61. The van der Waals surface area contributed by atoms with Crippen molar-refractivity contribution in [1.82, 2.24) is 0 Å². The summed E-state index contributed by atoms with van der Waals surface area (Å²) in [6.07, 6.45) is 4.58. The molecular formula is C24H28FNO5S2. The SMILES string of the molecule is CCCC1(CC)CN(c2ccccc2)c2cc(SC)c(O/C=C(\F)C(=O)O)cc2S(=O)(=O)C1. The van der Waals surface area contributed by atoms with E-state index in [1.165, 1.54) is 17.8 Å². The second kappa shape index (κ2) is 10.2. The largest absolute Gasteiger partial charge is 0.476 e. The van der Waals surface area contributed by atoms with Crippen molar-refractivity contribution >= 4 is 38.9 Å². The van der Waals surface area contributed by atoms with E-state index in [9.17, 15) is 17.6 Å². The third kappa shape index (κ3) is 5.35. The van der Waals surface area contributed by atoms with Crippen molar-refractivity contribution in [2.24, 2.45) is 5.41 Å². The molecule has 6 nitrogen and oxygen atoms in total. The first-order valence-corrected chi connectivity index (χ1v) is 13.6. The molecule has 1 N–H and O–H groups in total. The number of ether oxygens (including phenoxy) is 1. The second-order valence-electron chi connectivity index (χ2n) is 8.14. The van der Waals surface area contributed by atoms with Gasteiger partial charge in [0.25, 0.3) is 0 Å². The number of thioether (sulfide) groups is 1. The first-order valence-electron chi connectivity index (χ1n) is 10.7. The lowest BCUT2D eigenvalue weighted by atomic mass is 9.82. The molecule has 1 heterocycles. The summed E-state index contributed by atoms with van der Waals surface area (Å²) in [7, 11) is -3.73. The number of aliphatic carboxylic acids is 1. The molecule has 0 saturated heterocycles. The average molecular weight is 494 g/mol. The molecule has 1 aliphatic rings. The van der Waals surface area contributed by atoms with Crippen LogP contribution in [0, 0.1) is 5.41 Å². The molecular weight excluding hydrogens is 465 g/mol. The number of hydrogen-bond acceptors (Lipinski definition) is 6. The lowest BCUT2D eigenvalue weighted by Crippen LogP contribution is -2.37. The molecule has 178 valence electrons. The van der Waals surface area contributed by atoms with Crippen molar-refractivity contribution in [3.8, 4) is 5.75 Å². The topological polar surface area (TPSA) is 83.9 Å². The van der Waals surface area contributed by atoms with E-state index in [-0.39, 0.29) is 16.4 Å². The van der Waals surface area contributed by atoms with E-state index < -0.39 is 27.0 Å². The van der Waals surface area contributed by atoms with Crippen molar-refractivity contribution < 1.29 is 27.4 Å². The molecule has 2 aromatic carbocycles. The Hall–Kier alpha value is -2.52. The number of carboxylic acid groups (broad SMARTS) is 1. The minimum atomic E-state index is -3.73. The number of halogens is 1. The van der Waals surface area contributed by atoms with Crippen molar-refractivity contribution in [2.45, 2.75) is 42.9 Å². The fraction of sp³-hybridized carbons (Fsp3) is 0.375. The molecule has 0 aromatic heterocycles. The highest BCUT2D eigenvalue weighted by Gasteiger charge is 2.41. The van der Waals surface area contributed by atoms with Gasteiger partial charge in [-0.3, -0.25) is 0 Å². The minimum Gasteiger partial charge on any atom is -0.476 e. The van der Waals surface area contributed by atoms with E-state index in [1.807, 2.05) is 42.2 Å². The predicted octanol–water partition coefficient (Wildman–Crippen LogP) is 5.80. The predicted molar refractivity (Wildman–Crippen MR) is 129 cm³/mol. The molecule has 3 rings (SSSR count). The Morgan fingerprint density at radius 3 is 2.55 bits per heavy atom. The van der Waals surface area contributed by atoms with Crippen LogP contribution in [0.15, 0.2) is 64.3 Å². The quantitative estimate of drug-likeness (QED) is 0.282. The van der Waals surface area contributed by atoms with Crippen LogP contribution in [0.3, 0.4) is 0 Å². The fourth-order valence-corrected chi connectivity index (χ4v) is 6.98. The monoisotopic (exact) mass is 493 g/mol. The first kappa shape index (κ1) is 25.1. The van der Waals surface area contributed by atoms with Gasteiger partial charge in [-0.2, -0.15) is 4.39 Å². The lowest BCUT2D eigenvalue weighted by Gasteiger charge is -2.36. The summed E-state index contributed by atoms with van der Waals surface area (Å²) in [4.78, 5) is 13.5. The summed E-state index contributed by atoms with van der Waals surface area (Å²) in [5.74, 6) is -3.16. The van der Waals surface area contributed by atoms with Gasteiger partial charge in [0.05, 0.1) is 21.2 Å². The summed E-state index contributed by atoms with van der Waals surface area (Å²) in [5.41, 5.74) is 0.965. The Bertz CT molecular complexity index is 1150. The molecule has 0 amide bonds. The molecule has 0 saturated carbocycles. The van der Waals surface area contributed by atoms with E-state index in [0.29, 0.717) is 29.8 Å². The Morgan fingerprint density at radius 1 is 1.27 bits per heavy atom. The van der Waals surface area contributed by atoms with Gasteiger partial charge in [0.2, 0.25) is 5.83 Å². The van der Waals surface area contributed by atoms with Gasteiger partial charge in [-0.05, 0) is 37.3 Å². The van der Waals surface area contributed by atoms with Gasteiger partial charge in [0.15, 0.2) is 9.84 Å². The zero-order valence-corrected chi connectivity index (χ0v) is 20.5. The van der Waals surface area contributed by atoms with Gasteiger partial charge in [-0.25, -0.2) is 13.2 Å². The van der Waals surface area contributed by atoms with Crippen molar-refractivity contribution in [3.63, 3.8) is 0 Å². The number of hydrogen-bond donors (Lipinski definition) is 1. The van der Waals surface area contributed by atoms with E-state index in [4.69, 9.17) is 9.84 Å². The molecule has 0 bridgehead atoms. The number of rotatable bonds is 8. The van der Waals surface area contributed by atoms with Gasteiger partial charge < -0.3 is 14.7 Å². The molecule has 1 unspecified atom stereocenters. The number of benzene rings is 2. The fourth-order valence-electron chi connectivity index (χ4n) is 4.27. The highest BCUT2D eigenvalue weighted by molar-refractivity contribution is 7.98. The zero-order valence-electron chi connectivity index (χ0n) is 18.9. The maximum atomic E-state index is 13.6. The third-order valence-corrected chi connectivity index (χ3v) is 8.70. The van der Waals surface area contributed by atoms with Crippen LogP contribution in [0.1, 0.15) is 33.1 Å². The standard InChI is InChI=1S/C24H28FNO5S2/c1-4-11-24(5-2)15-26(17-9-7-6-8-10-17)19-12-21(32-3)20(31-14-18(25)23(27)28)13-22(19)33(29,30)16-24/h6-10,12-14H,4-5,11,15-16H2,1-3H3,(H,27,28)/b18-14-. The van der Waals surface area contributed by atoms with E-state index in [2.05, 4.69) is 6.92 Å². The highest BCUT2D eigenvalue weighted by atomic mass is 32.2. The lowest BCUT2D eigenvalue weighted by molar-refractivity contribution is -0.134. The van der Waals surface area contributed by atoms with Crippen molar-refractivity contribution in [2.75, 3.05) is 23.5 Å². The van der Waals surface area contributed by atoms with Gasteiger partial charge >= 0.3 is 5.97 Å². The molecule has 1 atom stereocenters. The van der Waals surface area contributed by atoms with E-state index in [0.717, 1.165) is 18.5 Å². The molecule has 0 radical (unpaired) electrons. The molecule has 1 aliphatic heterocycles. The van der Waals surface area contributed by atoms with Gasteiger partial charge in [-0.1, -0.05) is 38.5 Å². The number of nitrogens with zero attached hydrogens (tertiary/aromatic N) is 1. The average Bonchev–Trinajstić information content (AvgIpc) is 2.89. The number of para-hydroxylation sites is 1. The van der Waals surface area contributed by atoms with Crippen molar-refractivity contribution in [3.05, 3.63) is 54.6 Å². The summed E-state index contributed by atoms with van der Waals surface area (Å²) in [5, 5.41) is 8.76. The van der Waals surface area contributed by atoms with Gasteiger partial charge in [0, 0.05) is 23.7 Å². The Labute approximate surface area is 198 Å². The maximum Gasteiger partial charge on any atom is 0.368 e. The molecule has 0 aliphatic carbocycles. The molecule has 2 aromatic rings. The Balaban J connectivity index is 2.25. The maximum absolute atomic E-state index is 13.6. The molecule has 0 fully saturated rings. The summed E-state index contributed by atoms with van der Waals surface area (Å²) >= 11 is 1.30. The van der Waals surface area contributed by atoms with Crippen LogP contribution in [-0.2, 0) is 14.6 Å². The number of carbonyl (C=O) groups is 1. The van der Waals surface area contributed by atoms with E-state index >= 15 is 0 Å². The number of anilines is 2. The highest BCUT2D eigenvalue weighted by Crippen LogP contribution is 2.47. The van der Waals surface area contributed by atoms with Crippen LogP contribution in [0.5, 0.6) is 5.75 Å². The summed E-state index contributed by atoms with van der Waals surface area (Å²) < 4.78 is 46.1. The first-order chi connectivity index (χ1) is 15.7. The molecule has 0 spiro atoms.